The standard InChI is InChI=1S/C12H16ClN3OS/c1-14-11-9(13)10(18-16-11)12(17)15-7-8-5-3-2-4-6-8/h8H,1-7H2,(H,15,17). The van der Waals surface area contributed by atoms with Crippen molar-refractivity contribution < 1.29 is 4.79 Å². The minimum Gasteiger partial charge on any atom is -0.351 e. The van der Waals surface area contributed by atoms with E-state index in [9.17, 15) is 4.79 Å². The Balaban J connectivity index is 1.90. The van der Waals surface area contributed by atoms with E-state index < -0.39 is 0 Å². The summed E-state index contributed by atoms with van der Waals surface area (Å²) in [6.45, 7) is 4.09. The van der Waals surface area contributed by atoms with Gasteiger partial charge in [0.25, 0.3) is 5.91 Å². The molecule has 0 spiro atoms. The normalized spacial score (nSPS) is 16.5. The lowest BCUT2D eigenvalue weighted by molar-refractivity contribution is 0.0948. The van der Waals surface area contributed by atoms with Gasteiger partial charge in [0.05, 0.1) is 0 Å². The zero-order chi connectivity index (χ0) is 13.0. The molecule has 1 aliphatic rings. The van der Waals surface area contributed by atoms with E-state index in [-0.39, 0.29) is 5.91 Å². The van der Waals surface area contributed by atoms with E-state index in [1.165, 1.54) is 32.1 Å². The highest BCUT2D eigenvalue weighted by atomic mass is 35.5. The number of hydrogen-bond donors (Lipinski definition) is 1. The predicted octanol–water partition coefficient (Wildman–Crippen LogP) is 3.44. The third kappa shape index (κ3) is 3.09. The number of hydrogen-bond acceptors (Lipinski definition) is 4. The first-order valence-corrected chi connectivity index (χ1v) is 7.27. The Hall–Kier alpha value is -0.940. The van der Waals surface area contributed by atoms with Crippen molar-refractivity contribution in [2.75, 3.05) is 6.54 Å². The molecule has 18 heavy (non-hydrogen) atoms. The van der Waals surface area contributed by atoms with Crippen LogP contribution in [-0.2, 0) is 0 Å². The quantitative estimate of drug-likeness (QED) is 0.862. The van der Waals surface area contributed by atoms with Gasteiger partial charge in [-0.05, 0) is 37.0 Å². The van der Waals surface area contributed by atoms with Crippen molar-refractivity contribution in [3.63, 3.8) is 0 Å². The van der Waals surface area contributed by atoms with E-state index in [4.69, 9.17) is 11.6 Å². The average Bonchev–Trinajstić information content (AvgIpc) is 2.78. The van der Waals surface area contributed by atoms with Crippen LogP contribution in [0.3, 0.4) is 0 Å². The first-order chi connectivity index (χ1) is 8.72. The molecule has 1 N–H and O–H groups in total. The van der Waals surface area contributed by atoms with Crippen LogP contribution >= 0.6 is 23.1 Å². The van der Waals surface area contributed by atoms with Crippen molar-refractivity contribution in [3.05, 3.63) is 9.90 Å². The molecule has 98 valence electrons. The summed E-state index contributed by atoms with van der Waals surface area (Å²) in [5, 5.41) is 3.23. The molecule has 0 aliphatic heterocycles. The van der Waals surface area contributed by atoms with Crippen LogP contribution in [0.2, 0.25) is 5.02 Å². The van der Waals surface area contributed by atoms with Gasteiger partial charge in [0.2, 0.25) is 0 Å². The Bertz CT molecular complexity index is 441. The van der Waals surface area contributed by atoms with E-state index in [0.717, 1.165) is 18.1 Å². The summed E-state index contributed by atoms with van der Waals surface area (Å²) < 4.78 is 3.97. The Morgan fingerprint density at radius 1 is 1.50 bits per heavy atom. The Kier molecular flexibility index (Phi) is 4.72. The van der Waals surface area contributed by atoms with E-state index in [2.05, 4.69) is 21.4 Å². The molecular formula is C12H16ClN3OS. The van der Waals surface area contributed by atoms with Crippen LogP contribution in [0.15, 0.2) is 4.99 Å². The molecule has 1 amide bonds. The molecule has 4 nitrogen and oxygen atoms in total. The van der Waals surface area contributed by atoms with Crippen LogP contribution in [0, 0.1) is 5.92 Å². The maximum absolute atomic E-state index is 12.0. The summed E-state index contributed by atoms with van der Waals surface area (Å²) in [7, 11) is 0. The van der Waals surface area contributed by atoms with E-state index in [0.29, 0.717) is 21.6 Å². The maximum Gasteiger partial charge on any atom is 0.264 e. The molecule has 1 saturated carbocycles. The molecule has 1 aromatic heterocycles. The number of carbonyl (C=O) groups excluding carboxylic acids is 1. The monoisotopic (exact) mass is 285 g/mol. The summed E-state index contributed by atoms with van der Waals surface area (Å²) in [6.07, 6.45) is 6.27. The number of aromatic nitrogens is 1. The van der Waals surface area contributed by atoms with Gasteiger partial charge < -0.3 is 5.32 Å². The smallest absolute Gasteiger partial charge is 0.264 e. The van der Waals surface area contributed by atoms with Gasteiger partial charge in [-0.15, -0.1) is 0 Å². The lowest BCUT2D eigenvalue weighted by atomic mass is 9.89. The second-order valence-electron chi connectivity index (χ2n) is 4.52. The zero-order valence-electron chi connectivity index (χ0n) is 10.1. The molecule has 1 aliphatic carbocycles. The third-order valence-corrected chi connectivity index (χ3v) is 4.56. The SMILES string of the molecule is C=Nc1nsc(C(=O)NCC2CCCCC2)c1Cl. The van der Waals surface area contributed by atoms with E-state index in [1.54, 1.807) is 0 Å². The fourth-order valence-electron chi connectivity index (χ4n) is 2.22. The number of nitrogens with zero attached hydrogens (tertiary/aromatic N) is 2. The summed E-state index contributed by atoms with van der Waals surface area (Å²) in [6, 6.07) is 0. The molecule has 0 aromatic carbocycles. The molecule has 1 heterocycles. The van der Waals surface area contributed by atoms with Crippen molar-refractivity contribution in [1.29, 1.82) is 0 Å². The van der Waals surface area contributed by atoms with Gasteiger partial charge in [0.15, 0.2) is 5.82 Å². The molecule has 0 saturated heterocycles. The third-order valence-electron chi connectivity index (χ3n) is 3.25. The summed E-state index contributed by atoms with van der Waals surface area (Å²) in [5.41, 5.74) is 0. The maximum atomic E-state index is 12.0. The fourth-order valence-corrected chi connectivity index (χ4v) is 3.21. The van der Waals surface area contributed by atoms with Crippen molar-refractivity contribution in [3.8, 4) is 0 Å². The van der Waals surface area contributed by atoms with Crippen LogP contribution in [0.25, 0.3) is 0 Å². The van der Waals surface area contributed by atoms with Gasteiger partial charge in [-0.25, -0.2) is 4.99 Å². The topological polar surface area (TPSA) is 54.4 Å². The number of amides is 1. The highest BCUT2D eigenvalue weighted by molar-refractivity contribution is 7.09. The minimum atomic E-state index is -0.155. The van der Waals surface area contributed by atoms with Gasteiger partial charge in [0, 0.05) is 6.54 Å². The van der Waals surface area contributed by atoms with Crippen LogP contribution in [0.4, 0.5) is 5.82 Å². The van der Waals surface area contributed by atoms with Crippen molar-refractivity contribution >= 4 is 41.6 Å². The molecule has 1 fully saturated rings. The highest BCUT2D eigenvalue weighted by Gasteiger charge is 2.19. The molecule has 0 bridgehead atoms. The van der Waals surface area contributed by atoms with Gasteiger partial charge in [-0.2, -0.15) is 4.37 Å². The van der Waals surface area contributed by atoms with E-state index >= 15 is 0 Å². The largest absolute Gasteiger partial charge is 0.351 e. The first-order valence-electron chi connectivity index (χ1n) is 6.12. The lowest BCUT2D eigenvalue weighted by Gasteiger charge is -2.21. The second kappa shape index (κ2) is 6.29. The molecular weight excluding hydrogens is 270 g/mol. The number of aliphatic imine (C=N–C) groups is 1. The Morgan fingerprint density at radius 3 is 2.83 bits per heavy atom. The Morgan fingerprint density at radius 2 is 2.22 bits per heavy atom. The number of halogens is 1. The lowest BCUT2D eigenvalue weighted by Crippen LogP contribution is -2.29. The molecule has 0 unspecified atom stereocenters. The van der Waals surface area contributed by atoms with Crippen molar-refractivity contribution in [1.82, 2.24) is 9.69 Å². The van der Waals surface area contributed by atoms with Gasteiger partial charge in [0.1, 0.15) is 9.90 Å². The summed E-state index contributed by atoms with van der Waals surface area (Å²) >= 11 is 7.06. The predicted molar refractivity (Wildman–Crippen MR) is 75.2 cm³/mol. The molecule has 2 rings (SSSR count). The Labute approximate surface area is 116 Å². The van der Waals surface area contributed by atoms with Gasteiger partial charge in [-0.3, -0.25) is 4.79 Å². The van der Waals surface area contributed by atoms with Crippen molar-refractivity contribution in [2.45, 2.75) is 32.1 Å². The average molecular weight is 286 g/mol. The van der Waals surface area contributed by atoms with Crippen LogP contribution in [-0.4, -0.2) is 23.5 Å². The zero-order valence-corrected chi connectivity index (χ0v) is 11.7. The number of carbonyl (C=O) groups is 1. The number of rotatable bonds is 4. The van der Waals surface area contributed by atoms with Crippen LogP contribution in [0.5, 0.6) is 0 Å². The van der Waals surface area contributed by atoms with Crippen molar-refractivity contribution in [2.24, 2.45) is 10.9 Å². The summed E-state index contributed by atoms with van der Waals surface area (Å²) in [5.74, 6) is 0.786. The summed E-state index contributed by atoms with van der Waals surface area (Å²) in [4.78, 5) is 16.0. The first kappa shape index (κ1) is 13.5. The molecule has 1 aromatic rings. The molecule has 6 heteroatoms. The fraction of sp³-hybridized carbons (Fsp3) is 0.583. The van der Waals surface area contributed by atoms with Gasteiger partial charge in [-0.1, -0.05) is 30.9 Å². The van der Waals surface area contributed by atoms with Crippen LogP contribution < -0.4 is 5.32 Å². The van der Waals surface area contributed by atoms with E-state index in [1.807, 2.05) is 0 Å². The molecule has 0 atom stereocenters. The highest BCUT2D eigenvalue weighted by Crippen LogP contribution is 2.30. The van der Waals surface area contributed by atoms with Gasteiger partial charge >= 0.3 is 0 Å². The minimum absolute atomic E-state index is 0.155. The van der Waals surface area contributed by atoms with Crippen LogP contribution in [0.1, 0.15) is 41.8 Å². The second-order valence-corrected chi connectivity index (χ2v) is 5.67. The molecule has 0 radical (unpaired) electrons. The number of nitrogens with one attached hydrogen (secondary N) is 1.